The highest BCUT2D eigenvalue weighted by Gasteiger charge is 2.22. The Bertz CT molecular complexity index is 448. The van der Waals surface area contributed by atoms with Crippen LogP contribution in [0.3, 0.4) is 0 Å². The Kier molecular flexibility index (Phi) is 5.62. The average Bonchev–Trinajstić information content (AvgIpc) is 2.76. The topological polar surface area (TPSA) is 55.6 Å². The average molecular weight is 290 g/mol. The third-order valence-electron chi connectivity index (χ3n) is 3.98. The molecule has 4 heteroatoms. The van der Waals surface area contributed by atoms with E-state index in [4.69, 9.17) is 10.5 Å². The van der Waals surface area contributed by atoms with Crippen molar-refractivity contribution in [2.75, 3.05) is 13.1 Å². The lowest BCUT2D eigenvalue weighted by atomic mass is 10.1. The molecule has 0 aromatic heterocycles. The zero-order valence-electron chi connectivity index (χ0n) is 13.0. The van der Waals surface area contributed by atoms with Gasteiger partial charge in [0.2, 0.25) is 0 Å². The van der Waals surface area contributed by atoms with Crippen LogP contribution in [0.4, 0.5) is 0 Å². The number of carbonyl (C=O) groups is 1. The van der Waals surface area contributed by atoms with Crippen molar-refractivity contribution in [3.63, 3.8) is 0 Å². The van der Waals surface area contributed by atoms with Crippen LogP contribution in [0.25, 0.3) is 0 Å². The van der Waals surface area contributed by atoms with E-state index in [1.165, 1.54) is 12.8 Å². The molecule has 1 fully saturated rings. The Hall–Kier alpha value is -1.55. The monoisotopic (exact) mass is 290 g/mol. The molecule has 4 nitrogen and oxygen atoms in total. The van der Waals surface area contributed by atoms with Gasteiger partial charge in [-0.2, -0.15) is 0 Å². The number of hydrogen-bond acceptors (Lipinski definition) is 3. The number of nitrogens with zero attached hydrogens (tertiary/aromatic N) is 1. The summed E-state index contributed by atoms with van der Waals surface area (Å²) in [6.45, 7) is 5.49. The second-order valence-electron chi connectivity index (χ2n) is 5.86. The Labute approximate surface area is 127 Å². The van der Waals surface area contributed by atoms with Crippen LogP contribution in [0.2, 0.25) is 0 Å². The van der Waals surface area contributed by atoms with E-state index in [1.54, 1.807) is 0 Å². The first kappa shape index (κ1) is 15.8. The van der Waals surface area contributed by atoms with Gasteiger partial charge in [0.25, 0.3) is 5.91 Å². The number of nitrogens with two attached hydrogens (primary N) is 1. The highest BCUT2D eigenvalue weighted by molar-refractivity contribution is 5.80. The fourth-order valence-electron chi connectivity index (χ4n) is 2.65. The van der Waals surface area contributed by atoms with E-state index in [0.29, 0.717) is 0 Å². The highest BCUT2D eigenvalue weighted by Crippen LogP contribution is 2.18. The van der Waals surface area contributed by atoms with Gasteiger partial charge in [0, 0.05) is 19.1 Å². The van der Waals surface area contributed by atoms with Crippen LogP contribution < -0.4 is 10.5 Å². The first-order valence-corrected chi connectivity index (χ1v) is 7.89. The van der Waals surface area contributed by atoms with Crippen LogP contribution >= 0.6 is 0 Å². The number of hydrogen-bond donors (Lipinski definition) is 1. The smallest absolute Gasteiger partial charge is 0.263 e. The molecular formula is C17H26N2O2. The summed E-state index contributed by atoms with van der Waals surface area (Å²) in [4.78, 5) is 14.3. The molecule has 0 saturated carbocycles. The summed E-state index contributed by atoms with van der Waals surface area (Å²) in [7, 11) is 0. The highest BCUT2D eigenvalue weighted by atomic mass is 16.5. The van der Waals surface area contributed by atoms with Crippen LogP contribution in [0.5, 0.6) is 5.75 Å². The summed E-state index contributed by atoms with van der Waals surface area (Å²) >= 11 is 0. The molecular weight excluding hydrogens is 264 g/mol. The van der Waals surface area contributed by atoms with E-state index < -0.39 is 6.10 Å². The number of ether oxygens (including phenoxy) is 1. The fourth-order valence-corrected chi connectivity index (χ4v) is 2.65. The van der Waals surface area contributed by atoms with E-state index in [2.05, 4.69) is 0 Å². The first-order valence-electron chi connectivity index (χ1n) is 7.89. The van der Waals surface area contributed by atoms with E-state index in [1.807, 2.05) is 43.0 Å². The molecule has 1 heterocycles. The standard InChI is InChI=1S/C17H26N2O2/c1-13(18)15-7-9-16(10-8-15)21-14(2)17(20)19-11-5-3-4-6-12-19/h7-10,13-14H,3-6,11-12,18H2,1-2H3/t13-,14?/m1/s1. The molecule has 0 aliphatic carbocycles. The van der Waals surface area contributed by atoms with Crippen molar-refractivity contribution in [2.45, 2.75) is 51.7 Å². The van der Waals surface area contributed by atoms with Crippen LogP contribution in [0, 0.1) is 0 Å². The maximum absolute atomic E-state index is 12.4. The minimum Gasteiger partial charge on any atom is -0.481 e. The van der Waals surface area contributed by atoms with Gasteiger partial charge in [0.05, 0.1) is 0 Å². The molecule has 116 valence electrons. The summed E-state index contributed by atoms with van der Waals surface area (Å²) in [5, 5.41) is 0. The van der Waals surface area contributed by atoms with Crippen molar-refractivity contribution >= 4 is 5.91 Å². The minimum atomic E-state index is -0.441. The number of rotatable bonds is 4. The Balaban J connectivity index is 1.93. The maximum atomic E-state index is 12.4. The predicted molar refractivity (Wildman–Crippen MR) is 84.2 cm³/mol. The molecule has 1 aliphatic heterocycles. The lowest BCUT2D eigenvalue weighted by Crippen LogP contribution is -2.40. The van der Waals surface area contributed by atoms with Crippen molar-refractivity contribution in [2.24, 2.45) is 5.73 Å². The van der Waals surface area contributed by atoms with Crippen LogP contribution in [-0.4, -0.2) is 30.0 Å². The third kappa shape index (κ3) is 4.46. The van der Waals surface area contributed by atoms with Gasteiger partial charge in [-0.3, -0.25) is 4.79 Å². The van der Waals surface area contributed by atoms with E-state index >= 15 is 0 Å². The molecule has 0 spiro atoms. The Morgan fingerprint density at radius 2 is 1.67 bits per heavy atom. The number of benzene rings is 1. The second kappa shape index (κ2) is 7.46. The van der Waals surface area contributed by atoms with Crippen LogP contribution in [0.1, 0.15) is 51.1 Å². The van der Waals surface area contributed by atoms with Gasteiger partial charge >= 0.3 is 0 Å². The van der Waals surface area contributed by atoms with Crippen molar-refractivity contribution in [3.8, 4) is 5.75 Å². The molecule has 21 heavy (non-hydrogen) atoms. The van der Waals surface area contributed by atoms with Gasteiger partial charge in [-0.15, -0.1) is 0 Å². The lowest BCUT2D eigenvalue weighted by molar-refractivity contribution is -0.137. The van der Waals surface area contributed by atoms with Crippen molar-refractivity contribution in [1.82, 2.24) is 4.90 Å². The number of carbonyl (C=O) groups excluding carboxylic acids is 1. The Morgan fingerprint density at radius 3 is 2.19 bits per heavy atom. The molecule has 1 aromatic rings. The zero-order chi connectivity index (χ0) is 15.2. The molecule has 1 aromatic carbocycles. The van der Waals surface area contributed by atoms with Gasteiger partial charge in [0.15, 0.2) is 6.10 Å². The zero-order valence-corrected chi connectivity index (χ0v) is 13.0. The van der Waals surface area contributed by atoms with Gasteiger partial charge in [-0.1, -0.05) is 25.0 Å². The van der Waals surface area contributed by atoms with Gasteiger partial charge in [-0.05, 0) is 44.4 Å². The molecule has 2 N–H and O–H groups in total. The minimum absolute atomic E-state index is 0.00945. The normalized spacial score (nSPS) is 18.7. The quantitative estimate of drug-likeness (QED) is 0.927. The van der Waals surface area contributed by atoms with Crippen molar-refractivity contribution in [1.29, 1.82) is 0 Å². The Morgan fingerprint density at radius 1 is 1.10 bits per heavy atom. The molecule has 1 saturated heterocycles. The molecule has 2 rings (SSSR count). The van der Waals surface area contributed by atoms with E-state index in [-0.39, 0.29) is 11.9 Å². The predicted octanol–water partition coefficient (Wildman–Crippen LogP) is 2.88. The molecule has 0 bridgehead atoms. The number of likely N-dealkylation sites (tertiary alicyclic amines) is 1. The van der Waals surface area contributed by atoms with Crippen molar-refractivity contribution < 1.29 is 9.53 Å². The fraction of sp³-hybridized carbons (Fsp3) is 0.588. The maximum Gasteiger partial charge on any atom is 0.263 e. The third-order valence-corrected chi connectivity index (χ3v) is 3.98. The molecule has 1 unspecified atom stereocenters. The van der Waals surface area contributed by atoms with Gasteiger partial charge < -0.3 is 15.4 Å². The van der Waals surface area contributed by atoms with Crippen molar-refractivity contribution in [3.05, 3.63) is 29.8 Å². The second-order valence-corrected chi connectivity index (χ2v) is 5.86. The van der Waals surface area contributed by atoms with E-state index in [9.17, 15) is 4.79 Å². The molecule has 0 radical (unpaired) electrons. The number of amides is 1. The summed E-state index contributed by atoms with van der Waals surface area (Å²) < 4.78 is 5.77. The largest absolute Gasteiger partial charge is 0.481 e. The van der Waals surface area contributed by atoms with Gasteiger partial charge in [-0.25, -0.2) is 0 Å². The van der Waals surface area contributed by atoms with E-state index in [0.717, 1.165) is 37.2 Å². The molecule has 1 aliphatic rings. The lowest BCUT2D eigenvalue weighted by Gasteiger charge is -2.24. The molecule has 2 atom stereocenters. The van der Waals surface area contributed by atoms with Gasteiger partial charge in [0.1, 0.15) is 5.75 Å². The summed E-state index contributed by atoms with van der Waals surface area (Å²) in [5.74, 6) is 0.809. The van der Waals surface area contributed by atoms with Crippen LogP contribution in [-0.2, 0) is 4.79 Å². The first-order chi connectivity index (χ1) is 10.1. The summed E-state index contributed by atoms with van der Waals surface area (Å²) in [6, 6.07) is 7.66. The summed E-state index contributed by atoms with van der Waals surface area (Å²) in [5.41, 5.74) is 6.89. The van der Waals surface area contributed by atoms with Crippen LogP contribution in [0.15, 0.2) is 24.3 Å². The SMILES string of the molecule is CC(Oc1ccc([C@@H](C)N)cc1)C(=O)N1CCCCCC1. The summed E-state index contributed by atoms with van der Waals surface area (Å²) in [6.07, 6.45) is 4.20. The molecule has 1 amide bonds.